The van der Waals surface area contributed by atoms with Gasteiger partial charge in [0.1, 0.15) is 11.6 Å². The molecule has 0 spiro atoms. The van der Waals surface area contributed by atoms with Gasteiger partial charge in [-0.15, -0.1) is 0 Å². The highest BCUT2D eigenvalue weighted by Crippen LogP contribution is 2.21. The number of aromatic nitrogens is 2. The lowest BCUT2D eigenvalue weighted by atomic mass is 10.1. The van der Waals surface area contributed by atoms with Gasteiger partial charge in [-0.3, -0.25) is 0 Å². The molecule has 0 aliphatic rings. The van der Waals surface area contributed by atoms with Crippen LogP contribution in [0.4, 0.5) is 0 Å². The van der Waals surface area contributed by atoms with E-state index < -0.39 is 0 Å². The SMILES string of the molecule is CCCC(C)COc1c(C#N)c(C)nn1C. The highest BCUT2D eigenvalue weighted by Gasteiger charge is 2.14. The predicted molar refractivity (Wildman–Crippen MR) is 62.2 cm³/mol. The molecule has 0 N–H and O–H groups in total. The Bertz CT molecular complexity index is 390. The van der Waals surface area contributed by atoms with E-state index in [-0.39, 0.29) is 0 Å². The number of hydrogen-bond acceptors (Lipinski definition) is 3. The lowest BCUT2D eigenvalue weighted by molar-refractivity contribution is 0.232. The fourth-order valence-corrected chi connectivity index (χ4v) is 1.73. The Kier molecular flexibility index (Phi) is 4.36. The first-order chi connectivity index (χ1) is 7.60. The zero-order chi connectivity index (χ0) is 12.1. The first-order valence-electron chi connectivity index (χ1n) is 5.66. The van der Waals surface area contributed by atoms with Gasteiger partial charge in [0.05, 0.1) is 12.3 Å². The van der Waals surface area contributed by atoms with Gasteiger partial charge in [0.25, 0.3) is 0 Å². The second kappa shape index (κ2) is 5.55. The monoisotopic (exact) mass is 221 g/mol. The van der Waals surface area contributed by atoms with Crippen LogP contribution in [0.15, 0.2) is 0 Å². The van der Waals surface area contributed by atoms with Gasteiger partial charge in [-0.2, -0.15) is 10.4 Å². The average Bonchev–Trinajstić information content (AvgIpc) is 2.50. The lowest BCUT2D eigenvalue weighted by Gasteiger charge is -2.12. The number of nitrogens with zero attached hydrogens (tertiary/aromatic N) is 3. The van der Waals surface area contributed by atoms with Gasteiger partial charge in [-0.1, -0.05) is 20.3 Å². The molecule has 0 fully saturated rings. The van der Waals surface area contributed by atoms with Gasteiger partial charge < -0.3 is 4.74 Å². The quantitative estimate of drug-likeness (QED) is 0.767. The topological polar surface area (TPSA) is 50.8 Å². The lowest BCUT2D eigenvalue weighted by Crippen LogP contribution is -2.11. The summed E-state index contributed by atoms with van der Waals surface area (Å²) in [5, 5.41) is 13.2. The first-order valence-corrected chi connectivity index (χ1v) is 5.66. The molecule has 1 atom stereocenters. The summed E-state index contributed by atoms with van der Waals surface area (Å²) in [5.74, 6) is 1.09. The fourth-order valence-electron chi connectivity index (χ4n) is 1.73. The number of ether oxygens (including phenoxy) is 1. The largest absolute Gasteiger partial charge is 0.477 e. The molecule has 1 heterocycles. The van der Waals surface area contributed by atoms with Gasteiger partial charge in [-0.05, 0) is 19.3 Å². The number of aryl methyl sites for hydroxylation is 2. The van der Waals surface area contributed by atoms with E-state index in [0.717, 1.165) is 18.5 Å². The van der Waals surface area contributed by atoms with E-state index in [9.17, 15) is 0 Å². The minimum atomic E-state index is 0.506. The van der Waals surface area contributed by atoms with Crippen LogP contribution in [-0.2, 0) is 7.05 Å². The Balaban J connectivity index is 2.70. The summed E-state index contributed by atoms with van der Waals surface area (Å²) >= 11 is 0. The third-order valence-corrected chi connectivity index (χ3v) is 2.57. The van der Waals surface area contributed by atoms with E-state index in [2.05, 4.69) is 25.0 Å². The van der Waals surface area contributed by atoms with Gasteiger partial charge >= 0.3 is 0 Å². The molecule has 0 radical (unpaired) electrons. The summed E-state index contributed by atoms with van der Waals surface area (Å²) in [6.07, 6.45) is 2.29. The molecule has 0 saturated carbocycles. The van der Waals surface area contributed by atoms with Crippen LogP contribution in [0.5, 0.6) is 5.88 Å². The molecule has 1 aromatic rings. The van der Waals surface area contributed by atoms with E-state index in [4.69, 9.17) is 10.00 Å². The predicted octanol–water partition coefficient (Wildman–Crippen LogP) is 2.42. The van der Waals surface area contributed by atoms with Gasteiger partial charge in [0.15, 0.2) is 0 Å². The van der Waals surface area contributed by atoms with E-state index in [1.54, 1.807) is 11.7 Å². The zero-order valence-corrected chi connectivity index (χ0v) is 10.4. The van der Waals surface area contributed by atoms with Crippen molar-refractivity contribution < 1.29 is 4.74 Å². The van der Waals surface area contributed by atoms with Crippen LogP contribution in [0.2, 0.25) is 0 Å². The molecule has 1 aromatic heterocycles. The first kappa shape index (κ1) is 12.6. The minimum Gasteiger partial charge on any atom is -0.477 e. The van der Waals surface area contributed by atoms with Crippen LogP contribution in [0.25, 0.3) is 0 Å². The van der Waals surface area contributed by atoms with Gasteiger partial charge in [0.2, 0.25) is 5.88 Å². The summed E-state index contributed by atoms with van der Waals surface area (Å²) in [5.41, 5.74) is 1.27. The van der Waals surface area contributed by atoms with E-state index in [0.29, 0.717) is 24.0 Å². The third kappa shape index (κ3) is 2.75. The van der Waals surface area contributed by atoms with Crippen molar-refractivity contribution in [2.45, 2.75) is 33.6 Å². The van der Waals surface area contributed by atoms with Crippen molar-refractivity contribution in [3.63, 3.8) is 0 Å². The van der Waals surface area contributed by atoms with Crippen molar-refractivity contribution in [2.75, 3.05) is 6.61 Å². The standard InChI is InChI=1S/C12H19N3O/c1-5-6-9(2)8-16-12-11(7-13)10(3)14-15(12)4/h9H,5-6,8H2,1-4H3. The van der Waals surface area contributed by atoms with Crippen molar-refractivity contribution >= 4 is 0 Å². The van der Waals surface area contributed by atoms with Crippen molar-refractivity contribution in [2.24, 2.45) is 13.0 Å². The summed E-state index contributed by atoms with van der Waals surface area (Å²) in [6.45, 7) is 6.77. The maximum atomic E-state index is 9.00. The van der Waals surface area contributed by atoms with Crippen LogP contribution >= 0.6 is 0 Å². The summed E-state index contributed by atoms with van der Waals surface area (Å²) < 4.78 is 7.30. The molecule has 88 valence electrons. The average molecular weight is 221 g/mol. The van der Waals surface area contributed by atoms with Gasteiger partial charge in [-0.25, -0.2) is 4.68 Å². The second-order valence-corrected chi connectivity index (χ2v) is 4.21. The molecular formula is C12H19N3O. The van der Waals surface area contributed by atoms with E-state index in [1.807, 2.05) is 6.92 Å². The van der Waals surface area contributed by atoms with Crippen LogP contribution in [0.3, 0.4) is 0 Å². The fraction of sp³-hybridized carbons (Fsp3) is 0.667. The van der Waals surface area contributed by atoms with Gasteiger partial charge in [0, 0.05) is 7.05 Å². The molecular weight excluding hydrogens is 202 g/mol. The zero-order valence-electron chi connectivity index (χ0n) is 10.4. The molecule has 0 aliphatic carbocycles. The highest BCUT2D eigenvalue weighted by molar-refractivity contribution is 5.41. The maximum Gasteiger partial charge on any atom is 0.230 e. The van der Waals surface area contributed by atoms with Crippen molar-refractivity contribution in [1.29, 1.82) is 5.26 Å². The molecule has 0 bridgehead atoms. The van der Waals surface area contributed by atoms with Crippen LogP contribution < -0.4 is 4.74 Å². The molecule has 0 saturated heterocycles. The van der Waals surface area contributed by atoms with Crippen LogP contribution in [-0.4, -0.2) is 16.4 Å². The molecule has 0 aromatic carbocycles. The summed E-state index contributed by atoms with van der Waals surface area (Å²) in [4.78, 5) is 0. The Morgan fingerprint density at radius 2 is 2.25 bits per heavy atom. The molecule has 4 nitrogen and oxygen atoms in total. The molecule has 0 aliphatic heterocycles. The van der Waals surface area contributed by atoms with E-state index in [1.165, 1.54) is 0 Å². The van der Waals surface area contributed by atoms with Crippen molar-refractivity contribution in [3.05, 3.63) is 11.3 Å². The Morgan fingerprint density at radius 3 is 2.81 bits per heavy atom. The highest BCUT2D eigenvalue weighted by atomic mass is 16.5. The van der Waals surface area contributed by atoms with Crippen molar-refractivity contribution in [3.8, 4) is 11.9 Å². The second-order valence-electron chi connectivity index (χ2n) is 4.21. The van der Waals surface area contributed by atoms with E-state index >= 15 is 0 Å². The Labute approximate surface area is 96.8 Å². The maximum absolute atomic E-state index is 9.00. The van der Waals surface area contributed by atoms with Crippen molar-refractivity contribution in [1.82, 2.24) is 9.78 Å². The third-order valence-electron chi connectivity index (χ3n) is 2.57. The number of nitriles is 1. The number of hydrogen-bond donors (Lipinski definition) is 0. The molecule has 1 rings (SSSR count). The normalized spacial score (nSPS) is 12.2. The smallest absolute Gasteiger partial charge is 0.230 e. The minimum absolute atomic E-state index is 0.506. The molecule has 0 amide bonds. The molecule has 1 unspecified atom stereocenters. The molecule has 4 heteroatoms. The summed E-state index contributed by atoms with van der Waals surface area (Å²) in [7, 11) is 1.80. The summed E-state index contributed by atoms with van der Waals surface area (Å²) in [6, 6.07) is 2.13. The van der Waals surface area contributed by atoms with Crippen LogP contribution in [0, 0.1) is 24.2 Å². The molecule has 16 heavy (non-hydrogen) atoms. The Morgan fingerprint density at radius 1 is 1.56 bits per heavy atom. The number of rotatable bonds is 5. The Hall–Kier alpha value is -1.50. The van der Waals surface area contributed by atoms with Crippen LogP contribution in [0.1, 0.15) is 37.9 Å².